The quantitative estimate of drug-likeness (QED) is 0.542. The van der Waals surface area contributed by atoms with E-state index in [4.69, 9.17) is 11.5 Å². The van der Waals surface area contributed by atoms with Gasteiger partial charge in [0.25, 0.3) is 0 Å². The van der Waals surface area contributed by atoms with Gasteiger partial charge < -0.3 is 11.5 Å². The van der Waals surface area contributed by atoms with Crippen LogP contribution in [0.5, 0.6) is 0 Å². The molecule has 5 N–H and O–H groups in total. The van der Waals surface area contributed by atoms with Gasteiger partial charge in [-0.1, -0.05) is 0 Å². The maximum absolute atomic E-state index is 10.5. The van der Waals surface area contributed by atoms with Gasteiger partial charge >= 0.3 is 6.03 Å². The highest BCUT2D eigenvalue weighted by Crippen LogP contribution is 2.20. The molecule has 0 saturated heterocycles. The Labute approximate surface area is 69.5 Å². The zero-order valence-electron chi connectivity index (χ0n) is 6.96. The van der Waals surface area contributed by atoms with Crippen molar-refractivity contribution in [2.24, 2.45) is 12.8 Å². The third-order valence-electron chi connectivity index (χ3n) is 1.51. The largest absolute Gasteiger partial charge is 0.394 e. The fourth-order valence-corrected chi connectivity index (χ4v) is 0.939. The van der Waals surface area contributed by atoms with Gasteiger partial charge in [-0.15, -0.1) is 0 Å². The Bertz CT molecular complexity index is 316. The van der Waals surface area contributed by atoms with Gasteiger partial charge in [0.05, 0.1) is 11.4 Å². The molecule has 0 aliphatic rings. The summed E-state index contributed by atoms with van der Waals surface area (Å²) < 4.78 is 1.47. The van der Waals surface area contributed by atoms with E-state index in [9.17, 15) is 4.79 Å². The summed E-state index contributed by atoms with van der Waals surface area (Å²) >= 11 is 0. The van der Waals surface area contributed by atoms with Crippen molar-refractivity contribution in [3.63, 3.8) is 0 Å². The molecule has 0 aliphatic heterocycles. The fraction of sp³-hybridized carbons (Fsp3) is 0.333. The van der Waals surface area contributed by atoms with Crippen LogP contribution >= 0.6 is 0 Å². The van der Waals surface area contributed by atoms with E-state index in [0.717, 1.165) is 0 Å². The van der Waals surface area contributed by atoms with Crippen LogP contribution in [-0.2, 0) is 7.05 Å². The Kier molecular flexibility index (Phi) is 1.90. The number of hydrogen-bond donors (Lipinski definition) is 3. The highest BCUT2D eigenvalue weighted by atomic mass is 16.2. The zero-order valence-corrected chi connectivity index (χ0v) is 6.96. The highest BCUT2D eigenvalue weighted by Gasteiger charge is 2.10. The summed E-state index contributed by atoms with van der Waals surface area (Å²) in [6.45, 7) is 1.75. The minimum absolute atomic E-state index is 0.431. The SMILES string of the molecule is Cc1nn(C)c(NC(N)=O)c1N. The highest BCUT2D eigenvalue weighted by molar-refractivity contribution is 5.90. The third kappa shape index (κ3) is 1.31. The number of nitrogens with one attached hydrogen (secondary N) is 1. The number of aromatic nitrogens is 2. The number of carbonyl (C=O) groups excluding carboxylic acids is 1. The predicted molar refractivity (Wildman–Crippen MR) is 45.6 cm³/mol. The molecule has 66 valence electrons. The Morgan fingerprint density at radius 3 is 2.58 bits per heavy atom. The summed E-state index contributed by atoms with van der Waals surface area (Å²) in [4.78, 5) is 10.5. The maximum Gasteiger partial charge on any atom is 0.317 e. The van der Waals surface area contributed by atoms with E-state index in [2.05, 4.69) is 10.4 Å². The van der Waals surface area contributed by atoms with E-state index >= 15 is 0 Å². The number of urea groups is 1. The van der Waals surface area contributed by atoms with Gasteiger partial charge in [0.15, 0.2) is 5.82 Å². The first-order valence-electron chi connectivity index (χ1n) is 3.38. The van der Waals surface area contributed by atoms with Crippen molar-refractivity contribution in [1.82, 2.24) is 9.78 Å². The smallest absolute Gasteiger partial charge is 0.317 e. The molecule has 0 saturated carbocycles. The minimum atomic E-state index is -0.648. The average Bonchev–Trinajstić information content (AvgIpc) is 2.16. The van der Waals surface area contributed by atoms with Gasteiger partial charge in [-0.3, -0.25) is 10.00 Å². The number of primary amides is 1. The van der Waals surface area contributed by atoms with Crippen LogP contribution in [0.3, 0.4) is 0 Å². The number of rotatable bonds is 1. The molecule has 0 aliphatic carbocycles. The molecule has 0 spiro atoms. The van der Waals surface area contributed by atoms with E-state index < -0.39 is 6.03 Å². The van der Waals surface area contributed by atoms with Crippen molar-refractivity contribution in [2.75, 3.05) is 11.1 Å². The first-order valence-corrected chi connectivity index (χ1v) is 3.38. The van der Waals surface area contributed by atoms with Crippen LogP contribution in [0.25, 0.3) is 0 Å². The van der Waals surface area contributed by atoms with Crippen molar-refractivity contribution >= 4 is 17.5 Å². The first-order chi connectivity index (χ1) is 5.52. The molecule has 1 aromatic heterocycles. The van der Waals surface area contributed by atoms with E-state index in [1.807, 2.05) is 0 Å². The van der Waals surface area contributed by atoms with Crippen molar-refractivity contribution < 1.29 is 4.79 Å². The van der Waals surface area contributed by atoms with E-state index in [1.54, 1.807) is 14.0 Å². The normalized spacial score (nSPS) is 9.83. The Morgan fingerprint density at radius 2 is 2.25 bits per heavy atom. The summed E-state index contributed by atoms with van der Waals surface area (Å²) in [5.74, 6) is 0.431. The number of nitrogens with two attached hydrogens (primary N) is 2. The second-order valence-corrected chi connectivity index (χ2v) is 2.46. The van der Waals surface area contributed by atoms with Crippen LogP contribution in [-0.4, -0.2) is 15.8 Å². The van der Waals surface area contributed by atoms with E-state index in [1.165, 1.54) is 4.68 Å². The van der Waals surface area contributed by atoms with Gasteiger partial charge in [0, 0.05) is 7.05 Å². The van der Waals surface area contributed by atoms with Crippen molar-refractivity contribution in [2.45, 2.75) is 6.92 Å². The van der Waals surface area contributed by atoms with E-state index in [0.29, 0.717) is 17.2 Å². The van der Waals surface area contributed by atoms with Crippen LogP contribution in [0.4, 0.5) is 16.3 Å². The molecule has 12 heavy (non-hydrogen) atoms. The Hall–Kier alpha value is -1.72. The van der Waals surface area contributed by atoms with Gasteiger partial charge in [-0.25, -0.2) is 4.79 Å². The number of hydrogen-bond acceptors (Lipinski definition) is 3. The monoisotopic (exact) mass is 169 g/mol. The molecule has 0 unspecified atom stereocenters. The molecular weight excluding hydrogens is 158 g/mol. The maximum atomic E-state index is 10.5. The number of nitrogen functional groups attached to an aromatic ring is 1. The molecule has 0 atom stereocenters. The summed E-state index contributed by atoms with van der Waals surface area (Å²) in [5, 5.41) is 6.36. The lowest BCUT2D eigenvalue weighted by Crippen LogP contribution is -2.21. The molecule has 1 aromatic rings. The first kappa shape index (κ1) is 8.38. The topological polar surface area (TPSA) is 99.0 Å². The summed E-state index contributed by atoms with van der Waals surface area (Å²) in [5.41, 5.74) is 11.6. The molecule has 1 heterocycles. The van der Waals surface area contributed by atoms with Crippen molar-refractivity contribution in [3.05, 3.63) is 5.69 Å². The molecule has 0 aromatic carbocycles. The van der Waals surface area contributed by atoms with Gasteiger partial charge in [-0.05, 0) is 6.92 Å². The van der Waals surface area contributed by atoms with Crippen LogP contribution in [0.15, 0.2) is 0 Å². The van der Waals surface area contributed by atoms with Crippen LogP contribution in [0.2, 0.25) is 0 Å². The summed E-state index contributed by atoms with van der Waals surface area (Å²) in [6, 6.07) is -0.648. The minimum Gasteiger partial charge on any atom is -0.394 e. The molecule has 6 heteroatoms. The third-order valence-corrected chi connectivity index (χ3v) is 1.51. The second-order valence-electron chi connectivity index (χ2n) is 2.46. The molecule has 0 radical (unpaired) electrons. The van der Waals surface area contributed by atoms with Gasteiger partial charge in [0.2, 0.25) is 0 Å². The van der Waals surface area contributed by atoms with Crippen LogP contribution in [0, 0.1) is 6.92 Å². The fourth-order valence-electron chi connectivity index (χ4n) is 0.939. The van der Waals surface area contributed by atoms with Crippen LogP contribution in [0.1, 0.15) is 5.69 Å². The van der Waals surface area contributed by atoms with E-state index in [-0.39, 0.29) is 0 Å². The number of aryl methyl sites for hydroxylation is 2. The Morgan fingerprint density at radius 1 is 1.67 bits per heavy atom. The standard InChI is InChI=1S/C6H11N5O/c1-3-4(7)5(9-6(8)12)11(2)10-3/h7H2,1-2H3,(H3,8,9,12). The Balaban J connectivity index is 3.05. The van der Waals surface area contributed by atoms with Gasteiger partial charge in [-0.2, -0.15) is 5.10 Å². The van der Waals surface area contributed by atoms with Gasteiger partial charge in [0.1, 0.15) is 0 Å². The molecule has 0 fully saturated rings. The lowest BCUT2D eigenvalue weighted by atomic mass is 10.4. The van der Waals surface area contributed by atoms with Crippen LogP contribution < -0.4 is 16.8 Å². The zero-order chi connectivity index (χ0) is 9.30. The number of carbonyl (C=O) groups is 1. The molecule has 1 rings (SSSR count). The molecule has 0 bridgehead atoms. The molecular formula is C6H11N5O. The number of amides is 2. The number of nitrogens with zero attached hydrogens (tertiary/aromatic N) is 2. The summed E-state index contributed by atoms with van der Waals surface area (Å²) in [7, 11) is 1.68. The summed E-state index contributed by atoms with van der Waals surface area (Å²) in [6.07, 6.45) is 0. The lowest BCUT2D eigenvalue weighted by molar-refractivity contribution is 0.259. The predicted octanol–water partition coefficient (Wildman–Crippen LogP) is -0.199. The average molecular weight is 169 g/mol. The molecule has 2 amide bonds. The number of anilines is 2. The second kappa shape index (κ2) is 2.72. The molecule has 6 nitrogen and oxygen atoms in total. The lowest BCUT2D eigenvalue weighted by Gasteiger charge is -2.01. The van der Waals surface area contributed by atoms with Crippen molar-refractivity contribution in [1.29, 1.82) is 0 Å². The van der Waals surface area contributed by atoms with Crippen molar-refractivity contribution in [3.8, 4) is 0 Å².